The second kappa shape index (κ2) is 10.4. The molecule has 0 aliphatic carbocycles. The Morgan fingerprint density at radius 1 is 1.25 bits per heavy atom. The van der Waals surface area contributed by atoms with Crippen molar-refractivity contribution < 1.29 is 23.1 Å². The number of hydrogen-bond acceptors (Lipinski definition) is 3. The van der Waals surface area contributed by atoms with Gasteiger partial charge in [-0.3, -0.25) is 0 Å². The molecule has 0 bridgehead atoms. The zero-order valence-electron chi connectivity index (χ0n) is 17.3. The maximum absolute atomic E-state index is 13.9. The minimum atomic E-state index is -4.73. The fourth-order valence-corrected chi connectivity index (χ4v) is 4.25. The third kappa shape index (κ3) is 5.81. The summed E-state index contributed by atoms with van der Waals surface area (Å²) < 4.78 is 43.2. The minimum Gasteiger partial charge on any atom is -0.478 e. The van der Waals surface area contributed by atoms with Crippen LogP contribution in [0.3, 0.4) is 0 Å². The molecule has 4 nitrogen and oxygen atoms in total. The number of aromatic nitrogens is 2. The molecule has 0 unspecified atom stereocenters. The van der Waals surface area contributed by atoms with Gasteiger partial charge in [0.1, 0.15) is 5.82 Å². The van der Waals surface area contributed by atoms with E-state index in [2.05, 4.69) is 4.98 Å². The fraction of sp³-hybridized carbons (Fsp3) is 0.304. The normalized spacial score (nSPS) is 12.3. The molecule has 0 aliphatic heterocycles. The van der Waals surface area contributed by atoms with E-state index in [1.54, 1.807) is 41.8 Å². The predicted molar refractivity (Wildman–Crippen MR) is 120 cm³/mol. The van der Waals surface area contributed by atoms with Crippen LogP contribution in [0.5, 0.6) is 0 Å². The van der Waals surface area contributed by atoms with E-state index in [4.69, 9.17) is 11.6 Å². The second-order valence-corrected chi connectivity index (χ2v) is 8.71. The van der Waals surface area contributed by atoms with Gasteiger partial charge < -0.3 is 9.67 Å². The number of carbonyl (C=O) groups is 1. The molecule has 1 aromatic carbocycles. The van der Waals surface area contributed by atoms with Gasteiger partial charge in [-0.25, -0.2) is 9.78 Å². The molecule has 0 spiro atoms. The SMILES string of the molecule is CCCCc1nc(C(F)(F)F)c(C=C(Cc2cccs2)C(=O)O)n1Cc1ccccc1Cl. The van der Waals surface area contributed by atoms with Crippen LogP contribution < -0.4 is 0 Å². The molecule has 0 amide bonds. The van der Waals surface area contributed by atoms with E-state index in [-0.39, 0.29) is 30.1 Å². The quantitative estimate of drug-likeness (QED) is 0.344. The molecule has 0 saturated carbocycles. The molecule has 0 saturated heterocycles. The summed E-state index contributed by atoms with van der Waals surface area (Å²) >= 11 is 7.61. The molecule has 0 aliphatic rings. The van der Waals surface area contributed by atoms with Crippen molar-refractivity contribution in [1.82, 2.24) is 9.55 Å². The van der Waals surface area contributed by atoms with Crippen LogP contribution >= 0.6 is 22.9 Å². The Morgan fingerprint density at radius 2 is 2.00 bits per heavy atom. The Morgan fingerprint density at radius 3 is 2.59 bits per heavy atom. The Balaban J connectivity index is 2.19. The number of carboxylic acids is 1. The molecule has 3 rings (SSSR count). The Kier molecular flexibility index (Phi) is 7.79. The van der Waals surface area contributed by atoms with Crippen LogP contribution in [0, 0.1) is 0 Å². The molecule has 3 aromatic rings. The fourth-order valence-electron chi connectivity index (χ4n) is 3.32. The summed E-state index contributed by atoms with van der Waals surface area (Å²) in [6, 6.07) is 10.4. The number of hydrogen-bond donors (Lipinski definition) is 1. The summed E-state index contributed by atoms with van der Waals surface area (Å²) in [5.41, 5.74) is -0.860. The van der Waals surface area contributed by atoms with Crippen molar-refractivity contribution in [3.63, 3.8) is 0 Å². The van der Waals surface area contributed by atoms with Crippen LogP contribution in [0.2, 0.25) is 5.02 Å². The lowest BCUT2D eigenvalue weighted by Gasteiger charge is -2.13. The largest absolute Gasteiger partial charge is 0.478 e. The Labute approximate surface area is 193 Å². The van der Waals surface area contributed by atoms with Crippen LogP contribution in [0.15, 0.2) is 47.4 Å². The molecule has 2 aromatic heterocycles. The summed E-state index contributed by atoms with van der Waals surface area (Å²) in [6.07, 6.45) is -1.84. The molecule has 32 heavy (non-hydrogen) atoms. The highest BCUT2D eigenvalue weighted by atomic mass is 35.5. The Hall–Kier alpha value is -2.58. The number of thiophene rings is 1. The first-order valence-electron chi connectivity index (χ1n) is 10.1. The van der Waals surface area contributed by atoms with Gasteiger partial charge >= 0.3 is 12.1 Å². The van der Waals surface area contributed by atoms with Crippen LogP contribution in [0.1, 0.15) is 47.4 Å². The molecule has 0 atom stereocenters. The van der Waals surface area contributed by atoms with Gasteiger partial charge in [0, 0.05) is 28.3 Å². The van der Waals surface area contributed by atoms with Crippen molar-refractivity contribution in [1.29, 1.82) is 0 Å². The number of alkyl halides is 3. The van der Waals surface area contributed by atoms with E-state index in [9.17, 15) is 23.1 Å². The molecular weight excluding hydrogens is 461 g/mol. The number of imidazole rings is 1. The summed E-state index contributed by atoms with van der Waals surface area (Å²) in [4.78, 5) is 16.6. The van der Waals surface area contributed by atoms with Crippen molar-refractivity contribution >= 4 is 35.0 Å². The van der Waals surface area contributed by atoms with E-state index in [1.807, 2.05) is 6.92 Å². The zero-order valence-corrected chi connectivity index (χ0v) is 18.9. The van der Waals surface area contributed by atoms with Crippen molar-refractivity contribution in [2.24, 2.45) is 0 Å². The number of unbranched alkanes of at least 4 members (excludes halogenated alkanes) is 1. The van der Waals surface area contributed by atoms with Crippen molar-refractivity contribution in [2.45, 2.75) is 45.3 Å². The van der Waals surface area contributed by atoms with E-state index >= 15 is 0 Å². The lowest BCUT2D eigenvalue weighted by Crippen LogP contribution is -2.12. The summed E-state index contributed by atoms with van der Waals surface area (Å²) in [5.74, 6) is -1.02. The molecule has 170 valence electrons. The van der Waals surface area contributed by atoms with Crippen LogP contribution in [0.4, 0.5) is 13.2 Å². The lowest BCUT2D eigenvalue weighted by molar-refractivity contribution is -0.141. The van der Waals surface area contributed by atoms with Crippen molar-refractivity contribution in [3.05, 3.63) is 80.0 Å². The maximum atomic E-state index is 13.9. The molecule has 0 fully saturated rings. The maximum Gasteiger partial charge on any atom is 0.435 e. The van der Waals surface area contributed by atoms with Gasteiger partial charge in [0.05, 0.1) is 12.2 Å². The van der Waals surface area contributed by atoms with Crippen LogP contribution in [-0.2, 0) is 30.4 Å². The first kappa shape index (κ1) is 24.1. The van der Waals surface area contributed by atoms with Crippen LogP contribution in [0.25, 0.3) is 6.08 Å². The average Bonchev–Trinajstić information content (AvgIpc) is 3.36. The summed E-state index contributed by atoms with van der Waals surface area (Å²) in [6.45, 7) is 2.00. The van der Waals surface area contributed by atoms with Gasteiger partial charge in [0.25, 0.3) is 0 Å². The first-order chi connectivity index (χ1) is 15.2. The number of rotatable bonds is 9. The van der Waals surface area contributed by atoms with E-state index in [1.165, 1.54) is 15.9 Å². The van der Waals surface area contributed by atoms with E-state index in [0.717, 1.165) is 17.4 Å². The summed E-state index contributed by atoms with van der Waals surface area (Å²) in [7, 11) is 0. The monoisotopic (exact) mass is 482 g/mol. The minimum absolute atomic E-state index is 0.0197. The third-order valence-electron chi connectivity index (χ3n) is 4.93. The number of nitrogens with zero attached hydrogens (tertiary/aromatic N) is 2. The molecule has 0 radical (unpaired) electrons. The topological polar surface area (TPSA) is 55.1 Å². The van der Waals surface area contributed by atoms with E-state index in [0.29, 0.717) is 23.4 Å². The van der Waals surface area contributed by atoms with Gasteiger partial charge in [-0.05, 0) is 35.6 Å². The second-order valence-electron chi connectivity index (χ2n) is 7.27. The van der Waals surface area contributed by atoms with Gasteiger partial charge in [-0.15, -0.1) is 11.3 Å². The van der Waals surface area contributed by atoms with Gasteiger partial charge in [-0.2, -0.15) is 13.2 Å². The zero-order chi connectivity index (χ0) is 23.3. The van der Waals surface area contributed by atoms with Crippen molar-refractivity contribution in [3.8, 4) is 0 Å². The molecular formula is C23H22ClF3N2O2S. The lowest BCUT2D eigenvalue weighted by atomic mass is 10.1. The third-order valence-corrected chi connectivity index (χ3v) is 6.17. The first-order valence-corrected chi connectivity index (χ1v) is 11.3. The number of aliphatic carboxylic acids is 1. The van der Waals surface area contributed by atoms with Crippen LogP contribution in [-0.4, -0.2) is 20.6 Å². The highest BCUT2D eigenvalue weighted by molar-refractivity contribution is 7.09. The highest BCUT2D eigenvalue weighted by Gasteiger charge is 2.38. The van der Waals surface area contributed by atoms with Gasteiger partial charge in [-0.1, -0.05) is 49.2 Å². The highest BCUT2D eigenvalue weighted by Crippen LogP contribution is 2.35. The standard InChI is InChI=1S/C23H22ClF3N2O2S/c1-2-3-10-20-28-21(23(25,26)27)19(29(20)14-15-7-4-5-9-18(15)24)13-16(22(30)31)12-17-8-6-11-32-17/h4-9,11,13H,2-3,10,12,14H2,1H3,(H,30,31). The summed E-state index contributed by atoms with van der Waals surface area (Å²) in [5, 5.41) is 11.9. The number of carboxylic acid groups (broad SMARTS) is 1. The molecule has 2 heterocycles. The number of benzene rings is 1. The molecule has 1 N–H and O–H groups in total. The van der Waals surface area contributed by atoms with Crippen molar-refractivity contribution in [2.75, 3.05) is 0 Å². The molecule has 9 heteroatoms. The number of aryl methyl sites for hydroxylation is 1. The average molecular weight is 483 g/mol. The van der Waals surface area contributed by atoms with Gasteiger partial charge in [0.2, 0.25) is 0 Å². The predicted octanol–water partition coefficient (Wildman–Crippen LogP) is 6.72. The smallest absolute Gasteiger partial charge is 0.435 e. The van der Waals surface area contributed by atoms with E-state index < -0.39 is 17.8 Å². The number of halogens is 4. The Bertz CT molecular complexity index is 1110. The van der Waals surface area contributed by atoms with Gasteiger partial charge in [0.15, 0.2) is 5.69 Å².